The minimum Gasteiger partial charge on any atom is -0.415 e. The average Bonchev–Trinajstić information content (AvgIpc) is 2.23. The first-order valence-electron chi connectivity index (χ1n) is 5.47. The highest BCUT2D eigenvalue weighted by molar-refractivity contribution is 6.68. The Hall–Kier alpha value is -0.603. The molecule has 2 heteroatoms. The smallest absolute Gasteiger partial charge is 0.208 e. The highest BCUT2D eigenvalue weighted by Gasteiger charge is 2.20. The highest BCUT2D eigenvalue weighted by atomic mass is 28.3. The molecule has 0 N–H and O–H groups in total. The van der Waals surface area contributed by atoms with Crippen LogP contribution in [0.2, 0.25) is 6.04 Å². The van der Waals surface area contributed by atoms with Gasteiger partial charge in [0.1, 0.15) is 0 Å². The number of rotatable bonds is 1. The van der Waals surface area contributed by atoms with Gasteiger partial charge in [-0.3, -0.25) is 0 Å². The molecule has 1 saturated heterocycles. The second-order valence-corrected chi connectivity index (χ2v) is 6.65. The van der Waals surface area contributed by atoms with E-state index in [4.69, 9.17) is 4.43 Å². The predicted octanol–water partition coefficient (Wildman–Crippen LogP) is 2.04. The first-order chi connectivity index (χ1) is 6.79. The van der Waals surface area contributed by atoms with Crippen molar-refractivity contribution >= 4 is 14.2 Å². The van der Waals surface area contributed by atoms with Crippen LogP contribution in [0.25, 0.3) is 0 Å². The van der Waals surface area contributed by atoms with E-state index >= 15 is 0 Å². The van der Waals surface area contributed by atoms with Crippen LogP contribution in [0.1, 0.15) is 24.0 Å². The van der Waals surface area contributed by atoms with Gasteiger partial charge in [0.2, 0.25) is 9.04 Å². The molecule has 1 aromatic rings. The summed E-state index contributed by atoms with van der Waals surface area (Å²) in [6, 6.07) is 7.95. The molecule has 1 unspecified atom stereocenters. The summed E-state index contributed by atoms with van der Waals surface area (Å²) < 4.78 is 5.94. The average molecular weight is 206 g/mol. The van der Waals surface area contributed by atoms with Gasteiger partial charge in [0.05, 0.1) is 0 Å². The first-order valence-corrected chi connectivity index (χ1v) is 7.33. The van der Waals surface area contributed by atoms with Crippen molar-refractivity contribution in [2.75, 3.05) is 6.61 Å². The summed E-state index contributed by atoms with van der Waals surface area (Å²) in [5.74, 6) is 0. The van der Waals surface area contributed by atoms with Crippen LogP contribution in [0.4, 0.5) is 0 Å². The molecule has 1 heterocycles. The summed E-state index contributed by atoms with van der Waals surface area (Å²) in [6.07, 6.45) is 2.62. The third-order valence-corrected chi connectivity index (χ3v) is 6.06. The molecule has 1 nitrogen and oxygen atoms in total. The molecule has 0 aromatic heterocycles. The predicted molar refractivity (Wildman–Crippen MR) is 62.7 cm³/mol. The minimum absolute atomic E-state index is 0.990. The highest BCUT2D eigenvalue weighted by Crippen LogP contribution is 2.13. The standard InChI is InChI=1S/C12H18OSi/c1-10-6-5-7-12(11(10)2)14-9-4-3-8-13-14/h5-7,14H,3-4,8-9H2,1-2H3. The van der Waals surface area contributed by atoms with Crippen LogP contribution in [-0.4, -0.2) is 15.6 Å². The van der Waals surface area contributed by atoms with Gasteiger partial charge >= 0.3 is 0 Å². The van der Waals surface area contributed by atoms with Crippen LogP contribution in [-0.2, 0) is 4.43 Å². The molecule has 0 aliphatic carbocycles. The Morgan fingerprint density at radius 2 is 2.07 bits per heavy atom. The van der Waals surface area contributed by atoms with Gasteiger partial charge in [-0.1, -0.05) is 24.6 Å². The van der Waals surface area contributed by atoms with Crippen LogP contribution in [0.3, 0.4) is 0 Å². The van der Waals surface area contributed by atoms with E-state index < -0.39 is 9.04 Å². The van der Waals surface area contributed by atoms with Crippen LogP contribution in [0.15, 0.2) is 18.2 Å². The van der Waals surface area contributed by atoms with Crippen molar-refractivity contribution in [3.63, 3.8) is 0 Å². The van der Waals surface area contributed by atoms with Gasteiger partial charge in [-0.15, -0.1) is 0 Å². The SMILES string of the molecule is Cc1cccc([SiH]2CCCCO2)c1C. The van der Waals surface area contributed by atoms with E-state index in [1.54, 1.807) is 0 Å². The second-order valence-electron chi connectivity index (χ2n) is 4.14. The Labute approximate surface area is 87.8 Å². The van der Waals surface area contributed by atoms with Crippen molar-refractivity contribution in [2.45, 2.75) is 32.7 Å². The third-order valence-electron chi connectivity index (χ3n) is 3.17. The second kappa shape index (κ2) is 4.28. The van der Waals surface area contributed by atoms with Crippen molar-refractivity contribution in [1.29, 1.82) is 0 Å². The zero-order valence-corrected chi connectivity index (χ0v) is 10.2. The lowest BCUT2D eigenvalue weighted by atomic mass is 10.1. The molecule has 1 aliphatic heterocycles. The van der Waals surface area contributed by atoms with Crippen molar-refractivity contribution < 1.29 is 4.43 Å². The van der Waals surface area contributed by atoms with Crippen molar-refractivity contribution in [1.82, 2.24) is 0 Å². The van der Waals surface area contributed by atoms with Crippen LogP contribution in [0, 0.1) is 13.8 Å². The van der Waals surface area contributed by atoms with E-state index in [1.165, 1.54) is 35.2 Å². The van der Waals surface area contributed by atoms with E-state index in [2.05, 4.69) is 32.0 Å². The van der Waals surface area contributed by atoms with Crippen molar-refractivity contribution in [3.05, 3.63) is 29.3 Å². The lowest BCUT2D eigenvalue weighted by molar-refractivity contribution is 0.294. The fraction of sp³-hybridized carbons (Fsp3) is 0.500. The van der Waals surface area contributed by atoms with E-state index in [-0.39, 0.29) is 0 Å². The minimum atomic E-state index is -1.05. The molecule has 0 spiro atoms. The lowest BCUT2D eigenvalue weighted by Crippen LogP contribution is -2.38. The molecular weight excluding hydrogens is 188 g/mol. The molecule has 1 aliphatic rings. The van der Waals surface area contributed by atoms with Crippen LogP contribution < -0.4 is 5.19 Å². The fourth-order valence-corrected chi connectivity index (χ4v) is 4.91. The zero-order chi connectivity index (χ0) is 9.97. The third kappa shape index (κ3) is 1.91. The first kappa shape index (κ1) is 9.93. The van der Waals surface area contributed by atoms with Gasteiger partial charge in [0, 0.05) is 6.61 Å². The lowest BCUT2D eigenvalue weighted by Gasteiger charge is -2.23. The Kier molecular flexibility index (Phi) is 3.04. The maximum absolute atomic E-state index is 5.94. The van der Waals surface area contributed by atoms with Gasteiger partial charge in [-0.25, -0.2) is 0 Å². The monoisotopic (exact) mass is 206 g/mol. The van der Waals surface area contributed by atoms with Crippen LogP contribution >= 0.6 is 0 Å². The summed E-state index contributed by atoms with van der Waals surface area (Å²) in [6.45, 7) is 5.41. The molecule has 0 bridgehead atoms. The Morgan fingerprint density at radius 3 is 2.79 bits per heavy atom. The molecule has 1 fully saturated rings. The van der Waals surface area contributed by atoms with Gasteiger partial charge in [0.25, 0.3) is 0 Å². The fourth-order valence-electron chi connectivity index (χ4n) is 2.11. The van der Waals surface area contributed by atoms with E-state index in [9.17, 15) is 0 Å². The number of hydrogen-bond acceptors (Lipinski definition) is 1. The van der Waals surface area contributed by atoms with Gasteiger partial charge in [-0.2, -0.15) is 0 Å². The number of hydrogen-bond donors (Lipinski definition) is 0. The van der Waals surface area contributed by atoms with E-state index in [1.807, 2.05) is 0 Å². The number of aryl methyl sites for hydroxylation is 1. The maximum Gasteiger partial charge on any atom is 0.208 e. The molecule has 76 valence electrons. The molecule has 1 aromatic carbocycles. The topological polar surface area (TPSA) is 9.23 Å². The Bertz CT molecular complexity index is 316. The zero-order valence-electron chi connectivity index (χ0n) is 9.05. The molecule has 0 radical (unpaired) electrons. The number of benzene rings is 1. The Morgan fingerprint density at radius 1 is 1.21 bits per heavy atom. The molecular formula is C12H18OSi. The van der Waals surface area contributed by atoms with Gasteiger partial charge in [0.15, 0.2) is 0 Å². The quantitative estimate of drug-likeness (QED) is 0.639. The van der Waals surface area contributed by atoms with Crippen molar-refractivity contribution in [2.24, 2.45) is 0 Å². The van der Waals surface area contributed by atoms with Crippen molar-refractivity contribution in [3.8, 4) is 0 Å². The molecule has 1 atom stereocenters. The largest absolute Gasteiger partial charge is 0.415 e. The molecule has 0 amide bonds. The molecule has 2 rings (SSSR count). The summed E-state index contributed by atoms with van der Waals surface area (Å²) in [5, 5.41) is 1.53. The van der Waals surface area contributed by atoms with E-state index in [0.29, 0.717) is 0 Å². The van der Waals surface area contributed by atoms with E-state index in [0.717, 1.165) is 6.61 Å². The van der Waals surface area contributed by atoms with Gasteiger partial charge < -0.3 is 4.43 Å². The molecule has 0 saturated carbocycles. The summed E-state index contributed by atoms with van der Waals surface area (Å²) in [4.78, 5) is 0. The normalized spacial score (nSPS) is 22.3. The summed E-state index contributed by atoms with van der Waals surface area (Å²) in [7, 11) is -1.05. The summed E-state index contributed by atoms with van der Waals surface area (Å²) >= 11 is 0. The summed E-state index contributed by atoms with van der Waals surface area (Å²) in [5.41, 5.74) is 2.87. The Balaban J connectivity index is 2.26. The van der Waals surface area contributed by atoms with Crippen LogP contribution in [0.5, 0.6) is 0 Å². The van der Waals surface area contributed by atoms with Gasteiger partial charge in [-0.05, 0) is 42.6 Å². The maximum atomic E-state index is 5.94. The molecule has 14 heavy (non-hydrogen) atoms.